The highest BCUT2D eigenvalue weighted by molar-refractivity contribution is 14.0. The Labute approximate surface area is 171 Å². The fraction of sp³-hybridized carbons (Fsp3) is 0.350. The van der Waals surface area contributed by atoms with Crippen molar-refractivity contribution in [2.24, 2.45) is 4.99 Å². The minimum atomic E-state index is -0.230. The van der Waals surface area contributed by atoms with E-state index < -0.39 is 0 Å². The fourth-order valence-corrected chi connectivity index (χ4v) is 2.87. The lowest BCUT2D eigenvalue weighted by Gasteiger charge is -2.12. The van der Waals surface area contributed by atoms with Crippen LogP contribution in [0.3, 0.4) is 0 Å². The summed E-state index contributed by atoms with van der Waals surface area (Å²) in [5, 5.41) is 6.56. The first-order valence-corrected chi connectivity index (χ1v) is 8.76. The lowest BCUT2D eigenvalue weighted by molar-refractivity contribution is 0.357. The molecule has 0 atom stereocenters. The number of ether oxygens (including phenoxy) is 1. The summed E-state index contributed by atoms with van der Waals surface area (Å²) in [6.07, 6.45) is 1.91. The van der Waals surface area contributed by atoms with Crippen LogP contribution < -0.4 is 15.4 Å². The summed E-state index contributed by atoms with van der Waals surface area (Å²) >= 11 is 0. The first-order valence-electron chi connectivity index (χ1n) is 8.76. The molecular formula is C20H25FIN3O. The second kappa shape index (κ2) is 10.4. The Balaban J connectivity index is 0.00000243. The van der Waals surface area contributed by atoms with Gasteiger partial charge in [0.1, 0.15) is 11.6 Å². The number of nitrogens with one attached hydrogen (secondary N) is 2. The molecule has 6 heteroatoms. The molecule has 1 heterocycles. The number of nitrogens with zero attached hydrogens (tertiary/aromatic N) is 1. The lowest BCUT2D eigenvalue weighted by Crippen LogP contribution is -2.38. The zero-order valence-corrected chi connectivity index (χ0v) is 17.3. The largest absolute Gasteiger partial charge is 0.493 e. The molecule has 0 aromatic heterocycles. The molecule has 4 nitrogen and oxygen atoms in total. The first-order chi connectivity index (χ1) is 12.2. The Morgan fingerprint density at radius 1 is 1.15 bits per heavy atom. The van der Waals surface area contributed by atoms with Crippen LogP contribution in [0.2, 0.25) is 0 Å². The molecule has 0 saturated heterocycles. The van der Waals surface area contributed by atoms with E-state index in [2.05, 4.69) is 33.8 Å². The molecule has 140 valence electrons. The van der Waals surface area contributed by atoms with Crippen LogP contribution in [0.1, 0.15) is 23.6 Å². The maximum absolute atomic E-state index is 13.2. The number of fused-ring (bicyclic) bond motifs is 1. The molecule has 0 spiro atoms. The van der Waals surface area contributed by atoms with Crippen molar-refractivity contribution in [1.82, 2.24) is 10.6 Å². The number of halogens is 2. The van der Waals surface area contributed by atoms with Crippen LogP contribution in [0.4, 0.5) is 4.39 Å². The van der Waals surface area contributed by atoms with Crippen molar-refractivity contribution >= 4 is 29.9 Å². The standard InChI is InChI=1S/C20H24FN3O.HI/c1-2-22-20(24-14-16-4-3-5-18(21)13-16)23-10-8-15-6-7-19-17(12-15)9-11-25-19;/h3-7,12-13H,2,8-11,14H2,1H3,(H2,22,23,24);1H. The second-order valence-corrected chi connectivity index (χ2v) is 6.04. The second-order valence-electron chi connectivity index (χ2n) is 6.04. The fourth-order valence-electron chi connectivity index (χ4n) is 2.87. The molecule has 0 saturated carbocycles. The molecule has 0 bridgehead atoms. The smallest absolute Gasteiger partial charge is 0.191 e. The van der Waals surface area contributed by atoms with Gasteiger partial charge < -0.3 is 15.4 Å². The number of hydrogen-bond donors (Lipinski definition) is 2. The number of rotatable bonds is 6. The molecule has 2 N–H and O–H groups in total. The molecule has 1 aliphatic heterocycles. The number of benzene rings is 2. The Morgan fingerprint density at radius 3 is 2.85 bits per heavy atom. The van der Waals surface area contributed by atoms with Crippen LogP contribution in [-0.2, 0) is 19.4 Å². The van der Waals surface area contributed by atoms with Crippen LogP contribution in [0.25, 0.3) is 0 Å². The van der Waals surface area contributed by atoms with Crippen LogP contribution >= 0.6 is 24.0 Å². The van der Waals surface area contributed by atoms with Crippen molar-refractivity contribution in [3.63, 3.8) is 0 Å². The highest BCUT2D eigenvalue weighted by Gasteiger charge is 2.11. The molecule has 0 fully saturated rings. The van der Waals surface area contributed by atoms with Gasteiger partial charge in [-0.3, -0.25) is 0 Å². The lowest BCUT2D eigenvalue weighted by atomic mass is 10.1. The molecule has 0 unspecified atom stereocenters. The van der Waals surface area contributed by atoms with E-state index in [9.17, 15) is 4.39 Å². The molecule has 26 heavy (non-hydrogen) atoms. The van der Waals surface area contributed by atoms with Crippen LogP contribution in [0.15, 0.2) is 47.5 Å². The third kappa shape index (κ3) is 5.86. The van der Waals surface area contributed by atoms with E-state index in [0.717, 1.165) is 49.8 Å². The molecule has 2 aromatic rings. The average Bonchev–Trinajstić information content (AvgIpc) is 3.07. The van der Waals surface area contributed by atoms with Gasteiger partial charge in [-0.1, -0.05) is 24.3 Å². The third-order valence-electron chi connectivity index (χ3n) is 4.11. The van der Waals surface area contributed by atoms with E-state index >= 15 is 0 Å². The van der Waals surface area contributed by atoms with E-state index in [1.807, 2.05) is 13.0 Å². The van der Waals surface area contributed by atoms with E-state index in [1.165, 1.54) is 23.3 Å². The van der Waals surface area contributed by atoms with Crippen LogP contribution in [0, 0.1) is 5.82 Å². The van der Waals surface area contributed by atoms with Crippen LogP contribution in [0.5, 0.6) is 5.75 Å². The molecule has 2 aromatic carbocycles. The maximum Gasteiger partial charge on any atom is 0.191 e. The van der Waals surface area contributed by atoms with Crippen molar-refractivity contribution in [2.45, 2.75) is 26.3 Å². The first kappa shape index (κ1) is 20.5. The Bertz CT molecular complexity index is 752. The van der Waals surface area contributed by atoms with Crippen molar-refractivity contribution in [1.29, 1.82) is 0 Å². The highest BCUT2D eigenvalue weighted by atomic mass is 127. The van der Waals surface area contributed by atoms with E-state index in [-0.39, 0.29) is 29.8 Å². The van der Waals surface area contributed by atoms with Crippen molar-refractivity contribution in [3.05, 3.63) is 65.0 Å². The molecule has 0 radical (unpaired) electrons. The van der Waals surface area contributed by atoms with Crippen molar-refractivity contribution in [3.8, 4) is 5.75 Å². The van der Waals surface area contributed by atoms with Gasteiger partial charge in [-0.2, -0.15) is 0 Å². The molecular weight excluding hydrogens is 444 g/mol. The van der Waals surface area contributed by atoms with Gasteiger partial charge >= 0.3 is 0 Å². The Hall–Kier alpha value is -1.83. The quantitative estimate of drug-likeness (QED) is 0.386. The summed E-state index contributed by atoms with van der Waals surface area (Å²) in [7, 11) is 0. The minimum absolute atomic E-state index is 0. The third-order valence-corrected chi connectivity index (χ3v) is 4.11. The van der Waals surface area contributed by atoms with Crippen molar-refractivity contribution < 1.29 is 9.13 Å². The molecule has 1 aliphatic rings. The summed E-state index contributed by atoms with van der Waals surface area (Å²) in [5.41, 5.74) is 3.44. The average molecular weight is 469 g/mol. The topological polar surface area (TPSA) is 45.7 Å². The van der Waals surface area contributed by atoms with Gasteiger partial charge in [0, 0.05) is 19.5 Å². The van der Waals surface area contributed by atoms with Crippen molar-refractivity contribution in [2.75, 3.05) is 19.7 Å². The normalized spacial score (nSPS) is 12.8. The number of aliphatic imine (C=N–C) groups is 1. The van der Waals surface area contributed by atoms with E-state index in [1.54, 1.807) is 6.07 Å². The predicted octanol–water partition coefficient (Wildman–Crippen LogP) is 3.68. The van der Waals surface area contributed by atoms with Gasteiger partial charge in [0.25, 0.3) is 0 Å². The Kier molecular flexibility index (Phi) is 8.15. The Morgan fingerprint density at radius 2 is 2.04 bits per heavy atom. The highest BCUT2D eigenvalue weighted by Crippen LogP contribution is 2.25. The zero-order valence-electron chi connectivity index (χ0n) is 14.9. The van der Waals surface area contributed by atoms with Crippen LogP contribution in [-0.4, -0.2) is 25.7 Å². The monoisotopic (exact) mass is 469 g/mol. The van der Waals surface area contributed by atoms with Gasteiger partial charge in [-0.25, -0.2) is 9.38 Å². The maximum atomic E-state index is 13.2. The van der Waals surface area contributed by atoms with Gasteiger partial charge in [0.05, 0.1) is 13.2 Å². The van der Waals surface area contributed by atoms with Gasteiger partial charge in [-0.15, -0.1) is 24.0 Å². The number of hydrogen-bond acceptors (Lipinski definition) is 2. The minimum Gasteiger partial charge on any atom is -0.493 e. The molecule has 0 aliphatic carbocycles. The predicted molar refractivity (Wildman–Crippen MR) is 114 cm³/mol. The molecule has 3 rings (SSSR count). The van der Waals surface area contributed by atoms with E-state index in [4.69, 9.17) is 4.74 Å². The zero-order chi connectivity index (χ0) is 17.5. The number of guanidine groups is 1. The summed E-state index contributed by atoms with van der Waals surface area (Å²) in [6.45, 7) is 4.83. The summed E-state index contributed by atoms with van der Waals surface area (Å²) in [4.78, 5) is 4.52. The summed E-state index contributed by atoms with van der Waals surface area (Å²) in [5.74, 6) is 1.53. The van der Waals surface area contributed by atoms with Gasteiger partial charge in [-0.05, 0) is 48.2 Å². The van der Waals surface area contributed by atoms with Gasteiger partial charge in [0.15, 0.2) is 5.96 Å². The SMILES string of the molecule is CCNC(=NCc1cccc(F)c1)NCCc1ccc2c(c1)CCO2.I. The summed E-state index contributed by atoms with van der Waals surface area (Å²) < 4.78 is 18.8. The van der Waals surface area contributed by atoms with E-state index in [0.29, 0.717) is 6.54 Å². The summed E-state index contributed by atoms with van der Waals surface area (Å²) in [6, 6.07) is 12.9. The molecule has 0 amide bonds. The van der Waals surface area contributed by atoms with Gasteiger partial charge in [0.2, 0.25) is 0 Å².